The van der Waals surface area contributed by atoms with E-state index in [0.29, 0.717) is 5.92 Å². The van der Waals surface area contributed by atoms with Crippen LogP contribution in [0.1, 0.15) is 29.6 Å². The second-order valence-corrected chi connectivity index (χ2v) is 8.70. The molecule has 1 aromatic heterocycles. The summed E-state index contributed by atoms with van der Waals surface area (Å²) in [5.74, 6) is -0.148. The number of para-hydroxylation sites is 1. The Hall–Kier alpha value is -2.45. The van der Waals surface area contributed by atoms with E-state index in [0.717, 1.165) is 30.6 Å². The van der Waals surface area contributed by atoms with Crippen LogP contribution in [0.4, 0.5) is 5.69 Å². The summed E-state index contributed by atoms with van der Waals surface area (Å²) in [6.07, 6.45) is 8.91. The van der Waals surface area contributed by atoms with Crippen LogP contribution >= 0.6 is 11.3 Å². The maximum atomic E-state index is 12.4. The first-order valence-corrected chi connectivity index (χ1v) is 10.6. The highest BCUT2D eigenvalue weighted by molar-refractivity contribution is 7.94. The third-order valence-corrected chi connectivity index (χ3v) is 6.70. The Morgan fingerprint density at radius 3 is 2.77 bits per heavy atom. The number of nitrogens with zero attached hydrogens (tertiary/aromatic N) is 1. The van der Waals surface area contributed by atoms with Crippen LogP contribution in [-0.2, 0) is 10.0 Å². The number of amides is 1. The molecule has 0 spiro atoms. The zero-order valence-electron chi connectivity index (χ0n) is 14.0. The van der Waals surface area contributed by atoms with E-state index >= 15 is 0 Å². The summed E-state index contributed by atoms with van der Waals surface area (Å²) in [5.41, 5.74) is 2.91. The molecule has 1 atom stereocenters. The number of hydrogen-bond acceptors (Lipinski definition) is 5. The topological polar surface area (TPSA) is 87.6 Å². The summed E-state index contributed by atoms with van der Waals surface area (Å²) in [4.78, 5) is 12.4. The van der Waals surface area contributed by atoms with Gasteiger partial charge in [0.2, 0.25) is 0 Å². The lowest BCUT2D eigenvalue weighted by atomic mass is 9.96. The molecule has 1 amide bonds. The van der Waals surface area contributed by atoms with Gasteiger partial charge in [0.15, 0.2) is 0 Å². The number of benzene rings is 1. The molecule has 8 heteroatoms. The molecule has 6 nitrogen and oxygen atoms in total. The number of allylic oxidation sites excluding steroid dienone is 2. The van der Waals surface area contributed by atoms with Crippen molar-refractivity contribution < 1.29 is 13.2 Å². The van der Waals surface area contributed by atoms with Gasteiger partial charge in [-0.1, -0.05) is 30.4 Å². The lowest BCUT2D eigenvalue weighted by Crippen LogP contribution is -2.22. The van der Waals surface area contributed by atoms with Gasteiger partial charge in [-0.05, 0) is 48.8 Å². The van der Waals surface area contributed by atoms with Gasteiger partial charge in [-0.25, -0.2) is 13.8 Å². The first-order chi connectivity index (χ1) is 12.6. The Labute approximate surface area is 156 Å². The van der Waals surface area contributed by atoms with Gasteiger partial charge in [0.1, 0.15) is 4.21 Å². The van der Waals surface area contributed by atoms with Crippen molar-refractivity contribution in [1.82, 2.24) is 5.43 Å². The number of rotatable bonds is 6. The van der Waals surface area contributed by atoms with E-state index in [-0.39, 0.29) is 15.5 Å². The summed E-state index contributed by atoms with van der Waals surface area (Å²) in [6.45, 7) is 0. The molecule has 1 aromatic carbocycles. The van der Waals surface area contributed by atoms with Gasteiger partial charge < -0.3 is 0 Å². The van der Waals surface area contributed by atoms with Crippen molar-refractivity contribution in [3.63, 3.8) is 0 Å². The van der Waals surface area contributed by atoms with Crippen molar-refractivity contribution in [2.45, 2.75) is 23.5 Å². The first kappa shape index (κ1) is 18.3. The summed E-state index contributed by atoms with van der Waals surface area (Å²) in [5, 5.41) is 5.71. The molecule has 0 radical (unpaired) electrons. The number of hydrazone groups is 1. The summed E-state index contributed by atoms with van der Waals surface area (Å²) in [6, 6.07) is 9.62. The van der Waals surface area contributed by atoms with Gasteiger partial charge in [0, 0.05) is 6.21 Å². The van der Waals surface area contributed by atoms with Crippen molar-refractivity contribution in [3.8, 4) is 0 Å². The van der Waals surface area contributed by atoms with Crippen LogP contribution in [0.2, 0.25) is 0 Å². The number of anilines is 1. The predicted octanol–water partition coefficient (Wildman–Crippen LogP) is 3.62. The Balaban J connectivity index is 1.71. The van der Waals surface area contributed by atoms with Crippen LogP contribution < -0.4 is 10.1 Å². The van der Waals surface area contributed by atoms with Crippen LogP contribution in [0.5, 0.6) is 0 Å². The van der Waals surface area contributed by atoms with Gasteiger partial charge in [-0.2, -0.15) is 5.10 Å². The molecule has 0 aliphatic heterocycles. The number of carbonyl (C=O) groups is 1. The second-order valence-electron chi connectivity index (χ2n) is 5.85. The Morgan fingerprint density at radius 2 is 2.04 bits per heavy atom. The lowest BCUT2D eigenvalue weighted by molar-refractivity contribution is 0.0956. The number of hydrogen-bond donors (Lipinski definition) is 2. The van der Waals surface area contributed by atoms with Crippen molar-refractivity contribution >= 4 is 39.2 Å². The van der Waals surface area contributed by atoms with E-state index < -0.39 is 15.9 Å². The van der Waals surface area contributed by atoms with Gasteiger partial charge in [0.05, 0.1) is 11.3 Å². The highest BCUT2D eigenvalue weighted by atomic mass is 32.2. The second kappa shape index (κ2) is 8.29. The number of nitrogens with one attached hydrogen (secondary N) is 2. The molecular formula is C18H19N3O3S2. The minimum absolute atomic E-state index is 0.191. The van der Waals surface area contributed by atoms with E-state index in [9.17, 15) is 13.2 Å². The van der Waals surface area contributed by atoms with E-state index in [2.05, 4.69) is 27.4 Å². The third-order valence-electron chi connectivity index (χ3n) is 3.94. The molecule has 1 aliphatic rings. The summed E-state index contributed by atoms with van der Waals surface area (Å²) in [7, 11) is -3.72. The van der Waals surface area contributed by atoms with Crippen LogP contribution in [0.25, 0.3) is 0 Å². The van der Waals surface area contributed by atoms with Gasteiger partial charge in [0.25, 0.3) is 15.9 Å². The molecular weight excluding hydrogens is 370 g/mol. The highest BCUT2D eigenvalue weighted by Crippen LogP contribution is 2.23. The van der Waals surface area contributed by atoms with Crippen LogP contribution in [-0.4, -0.2) is 20.5 Å². The molecule has 2 aromatic rings. The highest BCUT2D eigenvalue weighted by Gasteiger charge is 2.19. The third kappa shape index (κ3) is 4.59. The van der Waals surface area contributed by atoms with E-state index in [1.54, 1.807) is 41.9 Å². The maximum Gasteiger partial charge on any atom is 0.273 e. The molecule has 1 heterocycles. The average Bonchev–Trinajstić information content (AvgIpc) is 3.18. The minimum atomic E-state index is -3.72. The van der Waals surface area contributed by atoms with Crippen LogP contribution in [0.15, 0.2) is 63.2 Å². The van der Waals surface area contributed by atoms with E-state index in [1.807, 2.05) is 0 Å². The van der Waals surface area contributed by atoms with Gasteiger partial charge >= 0.3 is 0 Å². The molecule has 26 heavy (non-hydrogen) atoms. The average molecular weight is 390 g/mol. The number of sulfonamides is 1. The molecule has 0 unspecified atom stereocenters. The van der Waals surface area contributed by atoms with Crippen LogP contribution in [0.3, 0.4) is 0 Å². The summed E-state index contributed by atoms with van der Waals surface area (Å²) >= 11 is 1.11. The molecule has 0 saturated heterocycles. The monoisotopic (exact) mass is 389 g/mol. The molecule has 0 saturated carbocycles. The largest absolute Gasteiger partial charge is 0.278 e. The van der Waals surface area contributed by atoms with Gasteiger partial charge in [-0.3, -0.25) is 9.52 Å². The fourth-order valence-corrected chi connectivity index (χ4v) is 4.67. The fraction of sp³-hybridized carbons (Fsp3) is 0.222. The lowest BCUT2D eigenvalue weighted by Gasteiger charge is -2.12. The smallest absolute Gasteiger partial charge is 0.273 e. The Morgan fingerprint density at radius 1 is 1.19 bits per heavy atom. The maximum absolute atomic E-state index is 12.4. The SMILES string of the molecule is O=C(N/N=C\[C@H]1CC=CCC1)c1ccccc1NS(=O)(=O)c1cccs1. The minimum Gasteiger partial charge on any atom is -0.278 e. The molecule has 3 rings (SSSR count). The van der Waals surface area contributed by atoms with Gasteiger partial charge in [-0.15, -0.1) is 11.3 Å². The zero-order valence-corrected chi connectivity index (χ0v) is 15.6. The van der Waals surface area contributed by atoms with Crippen molar-refractivity contribution in [2.24, 2.45) is 11.0 Å². The predicted molar refractivity (Wildman–Crippen MR) is 104 cm³/mol. The normalized spacial score (nSPS) is 17.3. The van der Waals surface area contributed by atoms with Crippen molar-refractivity contribution in [3.05, 3.63) is 59.5 Å². The first-order valence-electron chi connectivity index (χ1n) is 8.20. The zero-order chi connectivity index (χ0) is 18.4. The fourth-order valence-electron chi connectivity index (χ4n) is 2.60. The number of thiophene rings is 1. The van der Waals surface area contributed by atoms with Crippen LogP contribution in [0, 0.1) is 5.92 Å². The molecule has 0 bridgehead atoms. The molecule has 0 fully saturated rings. The molecule has 1 aliphatic carbocycles. The summed E-state index contributed by atoms with van der Waals surface area (Å²) < 4.78 is 27.4. The number of carbonyl (C=O) groups excluding carboxylic acids is 1. The quantitative estimate of drug-likeness (QED) is 0.449. The van der Waals surface area contributed by atoms with E-state index in [1.165, 1.54) is 6.07 Å². The van der Waals surface area contributed by atoms with Crippen molar-refractivity contribution in [1.29, 1.82) is 0 Å². The molecule has 2 N–H and O–H groups in total. The standard InChI is InChI=1S/C18H19N3O3S2/c22-18(20-19-13-14-7-2-1-3-8-14)15-9-4-5-10-16(15)21-26(23,24)17-11-6-12-25-17/h1-2,4-6,9-14,21H,3,7-8H2,(H,20,22)/b19-13-/t14-/m0/s1. The Kier molecular flexibility index (Phi) is 5.85. The van der Waals surface area contributed by atoms with E-state index in [4.69, 9.17) is 0 Å². The Bertz CT molecular complexity index is 919. The van der Waals surface area contributed by atoms with Crippen molar-refractivity contribution in [2.75, 3.05) is 4.72 Å². The molecule has 136 valence electrons.